The number of sulfonamides is 1. The Balaban J connectivity index is 1.62. The van der Waals surface area contributed by atoms with E-state index in [0.717, 1.165) is 32.7 Å². The molecule has 0 aliphatic rings. The number of rotatable bonds is 6. The largest absolute Gasteiger partial charge is 0.322 e. The van der Waals surface area contributed by atoms with E-state index in [0.29, 0.717) is 11.4 Å². The van der Waals surface area contributed by atoms with Gasteiger partial charge in [0.15, 0.2) is 0 Å². The number of carbonyl (C=O) groups is 1. The number of nitrogens with one attached hydrogen (secondary N) is 2. The summed E-state index contributed by atoms with van der Waals surface area (Å²) in [6.07, 6.45) is 0. The highest BCUT2D eigenvalue weighted by Gasteiger charge is 2.22. The lowest BCUT2D eigenvalue weighted by Crippen LogP contribution is -2.17. The number of halogens is 1. The third-order valence-electron chi connectivity index (χ3n) is 5.72. The maximum Gasteiger partial charge on any atom is 0.308 e. The van der Waals surface area contributed by atoms with Gasteiger partial charge in [0.05, 0.1) is 20.9 Å². The molecule has 0 saturated carbocycles. The van der Waals surface area contributed by atoms with Crippen molar-refractivity contribution >= 4 is 60.5 Å². The van der Waals surface area contributed by atoms with Crippen LogP contribution >= 0.6 is 22.9 Å². The lowest BCUT2D eigenvalue weighted by Gasteiger charge is -2.14. The molecule has 0 aliphatic carbocycles. The lowest BCUT2D eigenvalue weighted by molar-refractivity contribution is 0.102. The Hall–Kier alpha value is -3.14. The van der Waals surface area contributed by atoms with Crippen molar-refractivity contribution in [2.24, 2.45) is 0 Å². The van der Waals surface area contributed by atoms with E-state index in [9.17, 15) is 18.0 Å². The monoisotopic (exact) mass is 529 g/mol. The van der Waals surface area contributed by atoms with Gasteiger partial charge in [-0.15, -0.1) is 0 Å². The highest BCUT2D eigenvalue weighted by atomic mass is 35.5. The van der Waals surface area contributed by atoms with Crippen LogP contribution in [0.5, 0.6) is 0 Å². The number of benzene rings is 3. The summed E-state index contributed by atoms with van der Waals surface area (Å²) in [5.41, 5.74) is 3.60. The average molecular weight is 530 g/mol. The number of amides is 1. The van der Waals surface area contributed by atoms with Gasteiger partial charge in [-0.25, -0.2) is 8.42 Å². The molecule has 4 aromatic rings. The zero-order valence-corrected chi connectivity index (χ0v) is 21.9. The maximum absolute atomic E-state index is 13.1. The molecular weight excluding hydrogens is 506 g/mol. The van der Waals surface area contributed by atoms with Gasteiger partial charge in [0.2, 0.25) is 0 Å². The molecule has 4 rings (SSSR count). The minimum atomic E-state index is -4.05. The van der Waals surface area contributed by atoms with Crippen molar-refractivity contribution in [3.8, 4) is 0 Å². The Morgan fingerprint density at radius 1 is 1.06 bits per heavy atom. The predicted molar refractivity (Wildman–Crippen MR) is 143 cm³/mol. The topological polar surface area (TPSA) is 97.3 Å². The third-order valence-corrected chi connectivity index (χ3v) is 8.48. The Labute approximate surface area is 212 Å². The molecule has 0 saturated heterocycles. The van der Waals surface area contributed by atoms with Gasteiger partial charge in [0, 0.05) is 17.3 Å². The van der Waals surface area contributed by atoms with Crippen LogP contribution in [0.3, 0.4) is 0 Å². The van der Waals surface area contributed by atoms with Gasteiger partial charge in [0.25, 0.3) is 15.9 Å². The molecule has 0 unspecified atom stereocenters. The van der Waals surface area contributed by atoms with Crippen LogP contribution in [-0.4, -0.2) is 18.9 Å². The first-order chi connectivity index (χ1) is 16.5. The number of anilines is 2. The molecule has 182 valence electrons. The van der Waals surface area contributed by atoms with E-state index in [4.69, 9.17) is 11.6 Å². The Bertz CT molecular complexity index is 1620. The van der Waals surface area contributed by atoms with E-state index in [2.05, 4.69) is 10.0 Å². The zero-order chi connectivity index (χ0) is 25.5. The lowest BCUT2D eigenvalue weighted by atomic mass is 10.1. The number of hydrogen-bond donors (Lipinski definition) is 2. The number of thiazole rings is 1. The van der Waals surface area contributed by atoms with E-state index in [-0.39, 0.29) is 26.4 Å². The van der Waals surface area contributed by atoms with E-state index in [1.165, 1.54) is 18.2 Å². The zero-order valence-electron chi connectivity index (χ0n) is 19.5. The van der Waals surface area contributed by atoms with Gasteiger partial charge in [-0.1, -0.05) is 35.1 Å². The van der Waals surface area contributed by atoms with Gasteiger partial charge in [-0.3, -0.25) is 18.9 Å². The minimum Gasteiger partial charge on any atom is -0.322 e. The Morgan fingerprint density at radius 3 is 2.51 bits per heavy atom. The second kappa shape index (κ2) is 9.49. The molecule has 10 heteroatoms. The molecule has 0 bridgehead atoms. The number of nitrogens with zero attached hydrogens (tertiary/aromatic N) is 1. The number of fused-ring (bicyclic) bond motifs is 1. The fourth-order valence-electron chi connectivity index (χ4n) is 3.72. The summed E-state index contributed by atoms with van der Waals surface area (Å²) >= 11 is 7.32. The van der Waals surface area contributed by atoms with Crippen LogP contribution in [-0.2, 0) is 10.0 Å². The van der Waals surface area contributed by atoms with Crippen LogP contribution in [0, 0.1) is 13.8 Å². The van der Waals surface area contributed by atoms with Gasteiger partial charge in [0.1, 0.15) is 4.90 Å². The van der Waals surface area contributed by atoms with Crippen molar-refractivity contribution in [3.05, 3.63) is 86.0 Å². The summed E-state index contributed by atoms with van der Waals surface area (Å²) in [6.45, 7) is 7.58. The van der Waals surface area contributed by atoms with E-state index >= 15 is 0 Å². The van der Waals surface area contributed by atoms with Gasteiger partial charge in [-0.05, 0) is 81.3 Å². The van der Waals surface area contributed by atoms with Crippen molar-refractivity contribution in [1.82, 2.24) is 4.57 Å². The van der Waals surface area contributed by atoms with Crippen molar-refractivity contribution in [3.63, 3.8) is 0 Å². The number of hydrogen-bond acceptors (Lipinski definition) is 5. The van der Waals surface area contributed by atoms with Gasteiger partial charge < -0.3 is 5.32 Å². The number of carbonyl (C=O) groups excluding carboxylic acids is 1. The summed E-state index contributed by atoms with van der Waals surface area (Å²) in [5, 5.41) is 2.77. The molecule has 1 aromatic heterocycles. The van der Waals surface area contributed by atoms with Crippen LogP contribution in [0.25, 0.3) is 10.2 Å². The van der Waals surface area contributed by atoms with E-state index < -0.39 is 15.9 Å². The molecular formula is C25H24ClN3O4S2. The first kappa shape index (κ1) is 25.0. The highest BCUT2D eigenvalue weighted by Crippen LogP contribution is 2.28. The molecule has 0 atom stereocenters. The molecule has 0 aliphatic heterocycles. The summed E-state index contributed by atoms with van der Waals surface area (Å²) in [4.78, 5) is 25.0. The summed E-state index contributed by atoms with van der Waals surface area (Å²) < 4.78 is 31.2. The quantitative estimate of drug-likeness (QED) is 0.321. The molecule has 1 amide bonds. The normalized spacial score (nSPS) is 11.7. The number of aromatic nitrogens is 1. The Morgan fingerprint density at radius 2 is 1.80 bits per heavy atom. The Kier molecular flexibility index (Phi) is 6.77. The smallest absolute Gasteiger partial charge is 0.308 e. The highest BCUT2D eigenvalue weighted by molar-refractivity contribution is 7.92. The third kappa shape index (κ3) is 4.98. The molecule has 7 nitrogen and oxygen atoms in total. The maximum atomic E-state index is 13.1. The van der Waals surface area contributed by atoms with Crippen molar-refractivity contribution in [2.75, 3.05) is 10.0 Å². The molecule has 2 N–H and O–H groups in total. The second-order valence-electron chi connectivity index (χ2n) is 8.47. The predicted octanol–water partition coefficient (Wildman–Crippen LogP) is 5.97. The van der Waals surface area contributed by atoms with Crippen LogP contribution in [0.4, 0.5) is 11.4 Å². The minimum absolute atomic E-state index is 0.000533. The summed E-state index contributed by atoms with van der Waals surface area (Å²) in [6, 6.07) is 14.6. The van der Waals surface area contributed by atoms with Crippen LogP contribution in [0.2, 0.25) is 5.02 Å². The standard InChI is InChI=1S/C25H24ClN3O4S2/c1-14(2)29-21-11-9-18(13-22(21)34-25(29)31)27-24(30)17-8-10-19(26)23(12-17)35(32,33)28-20-7-5-6-15(3)16(20)4/h5-14,28H,1-4H3,(H,27,30). The van der Waals surface area contributed by atoms with Crippen LogP contribution < -0.4 is 14.9 Å². The fourth-order valence-corrected chi connectivity index (χ4v) is 6.42. The first-order valence-electron chi connectivity index (χ1n) is 10.8. The molecule has 1 heterocycles. The molecule has 0 radical (unpaired) electrons. The molecule has 3 aromatic carbocycles. The molecule has 0 spiro atoms. The average Bonchev–Trinajstić information content (AvgIpc) is 3.12. The van der Waals surface area contributed by atoms with Crippen molar-refractivity contribution in [2.45, 2.75) is 38.6 Å². The van der Waals surface area contributed by atoms with Gasteiger partial charge in [-0.2, -0.15) is 0 Å². The summed E-state index contributed by atoms with van der Waals surface area (Å²) in [5.74, 6) is -0.500. The first-order valence-corrected chi connectivity index (χ1v) is 13.5. The van der Waals surface area contributed by atoms with E-state index in [1.807, 2.05) is 33.8 Å². The van der Waals surface area contributed by atoms with Crippen LogP contribution in [0.15, 0.2) is 64.3 Å². The fraction of sp³-hybridized carbons (Fsp3) is 0.200. The van der Waals surface area contributed by atoms with Crippen molar-refractivity contribution < 1.29 is 13.2 Å². The summed E-state index contributed by atoms with van der Waals surface area (Å²) in [7, 11) is -4.05. The van der Waals surface area contributed by atoms with E-state index in [1.54, 1.807) is 34.9 Å². The number of aryl methyl sites for hydroxylation is 1. The molecule has 0 fully saturated rings. The van der Waals surface area contributed by atoms with Crippen LogP contribution in [0.1, 0.15) is 41.4 Å². The SMILES string of the molecule is Cc1cccc(NS(=O)(=O)c2cc(C(=O)Nc3ccc4c(c3)sc(=O)n4C(C)C)ccc2Cl)c1C. The van der Waals surface area contributed by atoms with Crippen molar-refractivity contribution in [1.29, 1.82) is 0 Å². The molecule has 35 heavy (non-hydrogen) atoms. The second-order valence-corrected chi connectivity index (χ2v) is 11.5. The van der Waals surface area contributed by atoms with Gasteiger partial charge >= 0.3 is 4.87 Å².